The van der Waals surface area contributed by atoms with Crippen molar-refractivity contribution in [1.29, 1.82) is 0 Å². The summed E-state index contributed by atoms with van der Waals surface area (Å²) < 4.78 is 5.26. The maximum atomic E-state index is 11.1. The molecule has 1 aromatic rings. The molecule has 1 aromatic carbocycles. The molecule has 12 heteroatoms. The summed E-state index contributed by atoms with van der Waals surface area (Å²) >= 11 is 0. The fourth-order valence-electron chi connectivity index (χ4n) is 2.49. The van der Waals surface area contributed by atoms with Crippen molar-refractivity contribution >= 4 is 17.1 Å². The highest BCUT2D eigenvalue weighted by Crippen LogP contribution is 2.29. The maximum absolute atomic E-state index is 11.1. The molecule has 5 atom stereocenters. The van der Waals surface area contributed by atoms with Gasteiger partial charge in [-0.2, -0.15) is 0 Å². The first-order valence-corrected chi connectivity index (χ1v) is 7.23. The number of non-ortho nitro benzene ring substituents is 1. The minimum atomic E-state index is -1.57. The second-order valence-electron chi connectivity index (χ2n) is 5.46. The van der Waals surface area contributed by atoms with E-state index in [1.54, 1.807) is 0 Å². The fourth-order valence-corrected chi connectivity index (χ4v) is 2.49. The molecule has 0 spiro atoms. The summed E-state index contributed by atoms with van der Waals surface area (Å²) in [6, 6.07) is 3.00. The van der Waals surface area contributed by atoms with Crippen LogP contribution in [0.3, 0.4) is 0 Å². The summed E-state index contributed by atoms with van der Waals surface area (Å²) in [5, 5.41) is 62.8. The Kier molecular flexibility index (Phi) is 5.81. The van der Waals surface area contributed by atoms with Gasteiger partial charge >= 0.3 is 0 Å². The van der Waals surface area contributed by atoms with Gasteiger partial charge in [0.25, 0.3) is 11.4 Å². The average molecular weight is 359 g/mol. The Labute approximate surface area is 140 Å². The zero-order valence-corrected chi connectivity index (χ0v) is 12.8. The van der Waals surface area contributed by atoms with Crippen molar-refractivity contribution in [2.75, 3.05) is 18.5 Å². The van der Waals surface area contributed by atoms with Gasteiger partial charge in [-0.1, -0.05) is 0 Å². The summed E-state index contributed by atoms with van der Waals surface area (Å²) in [5.74, 6) is 0. The molecule has 25 heavy (non-hydrogen) atoms. The lowest BCUT2D eigenvalue weighted by atomic mass is 9.95. The number of nitrogens with one attached hydrogen (secondary N) is 1. The van der Waals surface area contributed by atoms with E-state index in [4.69, 9.17) is 9.84 Å². The molecule has 138 valence electrons. The highest BCUT2D eigenvalue weighted by atomic mass is 16.6. The molecule has 0 radical (unpaired) electrons. The van der Waals surface area contributed by atoms with Crippen molar-refractivity contribution in [3.05, 3.63) is 38.4 Å². The Hall–Kier alpha value is -2.38. The van der Waals surface area contributed by atoms with E-state index in [0.717, 1.165) is 18.2 Å². The van der Waals surface area contributed by atoms with Gasteiger partial charge < -0.3 is 30.5 Å². The number of rotatable bonds is 6. The Balaban J connectivity index is 2.15. The summed E-state index contributed by atoms with van der Waals surface area (Å²) in [7, 11) is 0. The summed E-state index contributed by atoms with van der Waals surface area (Å²) in [6.45, 7) is -0.806. The number of hydrogen-bond acceptors (Lipinski definition) is 10. The smallest absolute Gasteiger partial charge is 0.299 e. The molecule has 1 heterocycles. The molecule has 0 bridgehead atoms. The van der Waals surface area contributed by atoms with Crippen LogP contribution < -0.4 is 5.32 Å². The number of ether oxygens (including phenoxy) is 1. The number of benzene rings is 1. The zero-order valence-electron chi connectivity index (χ0n) is 12.8. The van der Waals surface area contributed by atoms with Crippen molar-refractivity contribution in [2.24, 2.45) is 0 Å². The molecule has 0 amide bonds. The van der Waals surface area contributed by atoms with Gasteiger partial charge in [-0.15, -0.1) is 0 Å². The van der Waals surface area contributed by atoms with Crippen LogP contribution in [0.1, 0.15) is 0 Å². The molecule has 5 N–H and O–H groups in total. The predicted octanol–water partition coefficient (Wildman–Crippen LogP) is -1.24. The second-order valence-corrected chi connectivity index (χ2v) is 5.46. The average Bonchev–Trinajstić information content (AvgIpc) is 2.58. The molecular weight excluding hydrogens is 342 g/mol. The number of nitro benzene ring substituents is 2. The number of hydrogen-bond donors (Lipinski definition) is 5. The Morgan fingerprint density at radius 1 is 1.04 bits per heavy atom. The van der Waals surface area contributed by atoms with E-state index in [-0.39, 0.29) is 12.2 Å². The molecular formula is C13H17N3O9. The van der Waals surface area contributed by atoms with Crippen LogP contribution in [0, 0.1) is 20.2 Å². The first-order valence-electron chi connectivity index (χ1n) is 7.23. The van der Waals surface area contributed by atoms with Gasteiger partial charge in [-0.05, 0) is 6.07 Å². The van der Waals surface area contributed by atoms with E-state index < -0.39 is 58.3 Å². The first kappa shape index (κ1) is 19.0. The van der Waals surface area contributed by atoms with Crippen molar-refractivity contribution in [1.82, 2.24) is 0 Å². The third-order valence-corrected chi connectivity index (χ3v) is 3.87. The van der Waals surface area contributed by atoms with E-state index in [2.05, 4.69) is 5.32 Å². The summed E-state index contributed by atoms with van der Waals surface area (Å²) in [6.07, 6.45) is -6.75. The van der Waals surface area contributed by atoms with Crippen molar-refractivity contribution in [2.45, 2.75) is 30.5 Å². The van der Waals surface area contributed by atoms with E-state index in [1.807, 2.05) is 0 Å². The number of anilines is 1. The topological polar surface area (TPSA) is 188 Å². The van der Waals surface area contributed by atoms with E-state index in [9.17, 15) is 35.5 Å². The van der Waals surface area contributed by atoms with Crippen molar-refractivity contribution < 1.29 is 35.0 Å². The summed E-state index contributed by atoms with van der Waals surface area (Å²) in [4.78, 5) is 20.2. The lowest BCUT2D eigenvalue weighted by Gasteiger charge is -2.40. The van der Waals surface area contributed by atoms with Gasteiger partial charge in [0.05, 0.1) is 22.5 Å². The SMILES string of the molecule is O=[N+]([O-])c1ccc(NCC2OC(CO)C(O)C(O)C2O)c([N+](=O)[O-])c1. The van der Waals surface area contributed by atoms with E-state index in [1.165, 1.54) is 0 Å². The molecule has 0 saturated carbocycles. The predicted molar refractivity (Wildman–Crippen MR) is 82.0 cm³/mol. The lowest BCUT2D eigenvalue weighted by molar-refractivity contribution is -0.393. The van der Waals surface area contributed by atoms with Crippen LogP contribution in [0.2, 0.25) is 0 Å². The molecule has 2 rings (SSSR count). The van der Waals surface area contributed by atoms with Gasteiger partial charge in [-0.3, -0.25) is 20.2 Å². The van der Waals surface area contributed by atoms with Gasteiger partial charge in [0, 0.05) is 12.6 Å². The van der Waals surface area contributed by atoms with Crippen molar-refractivity contribution in [3.8, 4) is 0 Å². The minimum Gasteiger partial charge on any atom is -0.394 e. The number of nitrogens with zero attached hydrogens (tertiary/aromatic N) is 2. The molecule has 1 fully saturated rings. The Morgan fingerprint density at radius 2 is 1.68 bits per heavy atom. The minimum absolute atomic E-state index is 0.0486. The monoisotopic (exact) mass is 359 g/mol. The van der Waals surface area contributed by atoms with Gasteiger partial charge in [-0.25, -0.2) is 0 Å². The summed E-state index contributed by atoms with van der Waals surface area (Å²) in [5.41, 5.74) is -1.04. The number of aliphatic hydroxyl groups excluding tert-OH is 4. The molecule has 12 nitrogen and oxygen atoms in total. The third-order valence-electron chi connectivity index (χ3n) is 3.87. The normalized spacial score (nSPS) is 29.2. The van der Waals surface area contributed by atoms with Crippen LogP contribution >= 0.6 is 0 Å². The Morgan fingerprint density at radius 3 is 2.24 bits per heavy atom. The molecule has 0 aliphatic carbocycles. The second kappa shape index (κ2) is 7.67. The van der Waals surface area contributed by atoms with E-state index in [0.29, 0.717) is 0 Å². The number of aliphatic hydroxyl groups is 4. The Bertz CT molecular complexity index is 654. The molecule has 0 aromatic heterocycles. The maximum Gasteiger partial charge on any atom is 0.299 e. The lowest BCUT2D eigenvalue weighted by Crippen LogP contribution is -2.60. The number of nitro groups is 2. The van der Waals surface area contributed by atoms with Crippen LogP contribution in [-0.2, 0) is 4.74 Å². The standard InChI is InChI=1S/C13H17N3O9/c17-5-10-12(19)13(20)11(18)9(25-10)4-14-7-2-1-6(15(21)22)3-8(7)16(23)24/h1-3,9-14,17-20H,4-5H2. The zero-order chi connectivity index (χ0) is 18.7. The van der Waals surface area contributed by atoms with Crippen LogP contribution in [0.5, 0.6) is 0 Å². The third kappa shape index (κ3) is 4.00. The molecule has 1 saturated heterocycles. The fraction of sp³-hybridized carbons (Fsp3) is 0.538. The highest BCUT2D eigenvalue weighted by Gasteiger charge is 2.43. The van der Waals surface area contributed by atoms with Crippen LogP contribution in [0.25, 0.3) is 0 Å². The van der Waals surface area contributed by atoms with Gasteiger partial charge in [0.1, 0.15) is 36.2 Å². The van der Waals surface area contributed by atoms with Crippen LogP contribution in [0.15, 0.2) is 18.2 Å². The van der Waals surface area contributed by atoms with Gasteiger partial charge in [0.15, 0.2) is 0 Å². The molecule has 1 aliphatic heterocycles. The van der Waals surface area contributed by atoms with Crippen LogP contribution in [0.4, 0.5) is 17.1 Å². The molecule has 5 unspecified atom stereocenters. The van der Waals surface area contributed by atoms with E-state index >= 15 is 0 Å². The van der Waals surface area contributed by atoms with Gasteiger partial charge in [0.2, 0.25) is 0 Å². The molecule has 1 aliphatic rings. The largest absolute Gasteiger partial charge is 0.394 e. The van der Waals surface area contributed by atoms with Crippen molar-refractivity contribution in [3.63, 3.8) is 0 Å². The quantitative estimate of drug-likeness (QED) is 0.303. The first-order chi connectivity index (χ1) is 11.8. The highest BCUT2D eigenvalue weighted by molar-refractivity contribution is 5.65. The van der Waals surface area contributed by atoms with Crippen LogP contribution in [-0.4, -0.2) is 73.9 Å².